The second kappa shape index (κ2) is 5.72. The molecule has 0 aliphatic heterocycles. The molecule has 2 unspecified atom stereocenters. The largest absolute Gasteiger partial charge is 0.382 e. The summed E-state index contributed by atoms with van der Waals surface area (Å²) in [6.45, 7) is 2.28. The quantitative estimate of drug-likeness (QED) is 0.850. The van der Waals surface area contributed by atoms with Crippen molar-refractivity contribution >= 4 is 5.69 Å². The van der Waals surface area contributed by atoms with Crippen LogP contribution in [0.5, 0.6) is 0 Å². The minimum atomic E-state index is 0.586. The Morgan fingerprint density at radius 1 is 1.41 bits per heavy atom. The van der Waals surface area contributed by atoms with Crippen molar-refractivity contribution in [3.63, 3.8) is 0 Å². The van der Waals surface area contributed by atoms with Crippen molar-refractivity contribution in [3.05, 3.63) is 29.8 Å². The molecule has 2 heteroatoms. The second-order valence-electron chi connectivity index (χ2n) is 4.97. The molecule has 1 saturated carbocycles. The van der Waals surface area contributed by atoms with Gasteiger partial charge in [-0.2, -0.15) is 5.26 Å². The summed E-state index contributed by atoms with van der Waals surface area (Å²) in [7, 11) is 0. The fourth-order valence-corrected chi connectivity index (χ4v) is 2.71. The summed E-state index contributed by atoms with van der Waals surface area (Å²) in [5.41, 5.74) is 1.82. The van der Waals surface area contributed by atoms with Gasteiger partial charge in [0, 0.05) is 11.7 Å². The van der Waals surface area contributed by atoms with E-state index in [4.69, 9.17) is 5.26 Å². The fraction of sp³-hybridized carbons (Fsp3) is 0.533. The lowest BCUT2D eigenvalue weighted by Gasteiger charge is -2.29. The van der Waals surface area contributed by atoms with Crippen LogP contribution in [0.4, 0.5) is 5.69 Å². The molecule has 2 rings (SSSR count). The van der Waals surface area contributed by atoms with E-state index in [0.717, 1.165) is 17.2 Å². The normalized spacial score (nSPS) is 24.0. The number of rotatable bonds is 3. The predicted octanol–water partition coefficient (Wildman–Crippen LogP) is 3.94. The molecule has 0 bridgehead atoms. The minimum Gasteiger partial charge on any atom is -0.382 e. The molecule has 1 fully saturated rings. The first kappa shape index (κ1) is 12.0. The molecule has 1 N–H and O–H groups in total. The Balaban J connectivity index is 1.98. The van der Waals surface area contributed by atoms with Gasteiger partial charge in [0.2, 0.25) is 0 Å². The molecule has 90 valence electrons. The van der Waals surface area contributed by atoms with E-state index in [0.29, 0.717) is 6.04 Å². The van der Waals surface area contributed by atoms with Crippen molar-refractivity contribution < 1.29 is 0 Å². The van der Waals surface area contributed by atoms with Crippen LogP contribution >= 0.6 is 0 Å². The molecule has 1 aliphatic carbocycles. The summed E-state index contributed by atoms with van der Waals surface area (Å²) >= 11 is 0. The Morgan fingerprint density at radius 2 is 2.29 bits per heavy atom. The standard InChI is InChI=1S/C15H20N2/c1-2-12-5-3-7-14(9-12)17-15-8-4-6-13(10-15)11-16/h4,6,8,10,12,14,17H,2-3,5,7,9H2,1H3. The molecular formula is C15H20N2. The van der Waals surface area contributed by atoms with E-state index in [2.05, 4.69) is 24.4 Å². The maximum absolute atomic E-state index is 8.87. The highest BCUT2D eigenvalue weighted by molar-refractivity contribution is 5.49. The zero-order valence-corrected chi connectivity index (χ0v) is 10.4. The van der Waals surface area contributed by atoms with Crippen LogP contribution in [0.15, 0.2) is 24.3 Å². The Hall–Kier alpha value is -1.49. The highest BCUT2D eigenvalue weighted by atomic mass is 14.9. The predicted molar refractivity (Wildman–Crippen MR) is 70.8 cm³/mol. The molecule has 0 radical (unpaired) electrons. The number of nitrogens with one attached hydrogen (secondary N) is 1. The summed E-state index contributed by atoms with van der Waals surface area (Å²) in [5.74, 6) is 0.875. The lowest BCUT2D eigenvalue weighted by atomic mass is 9.84. The van der Waals surface area contributed by atoms with Crippen LogP contribution in [0.1, 0.15) is 44.6 Å². The lowest BCUT2D eigenvalue weighted by Crippen LogP contribution is -2.27. The molecule has 2 atom stereocenters. The van der Waals surface area contributed by atoms with Gasteiger partial charge < -0.3 is 5.32 Å². The van der Waals surface area contributed by atoms with E-state index in [1.165, 1.54) is 32.1 Å². The van der Waals surface area contributed by atoms with Gasteiger partial charge >= 0.3 is 0 Å². The molecular weight excluding hydrogens is 208 g/mol. The number of benzene rings is 1. The average Bonchev–Trinajstić information content (AvgIpc) is 2.39. The van der Waals surface area contributed by atoms with Gasteiger partial charge in [0.05, 0.1) is 11.6 Å². The summed E-state index contributed by atoms with van der Waals surface area (Å²) in [5, 5.41) is 12.4. The van der Waals surface area contributed by atoms with Crippen LogP contribution in [0.2, 0.25) is 0 Å². The van der Waals surface area contributed by atoms with Crippen LogP contribution in [0.3, 0.4) is 0 Å². The first-order valence-corrected chi connectivity index (χ1v) is 6.58. The zero-order chi connectivity index (χ0) is 12.1. The molecule has 0 heterocycles. The van der Waals surface area contributed by atoms with Gasteiger partial charge in [0.1, 0.15) is 0 Å². The Bertz CT molecular complexity index is 406. The first-order chi connectivity index (χ1) is 8.31. The second-order valence-corrected chi connectivity index (χ2v) is 4.97. The van der Waals surface area contributed by atoms with Gasteiger partial charge in [-0.05, 0) is 37.0 Å². The minimum absolute atomic E-state index is 0.586. The number of hydrogen-bond donors (Lipinski definition) is 1. The van der Waals surface area contributed by atoms with Gasteiger partial charge in [-0.15, -0.1) is 0 Å². The molecule has 0 amide bonds. The monoisotopic (exact) mass is 228 g/mol. The molecule has 1 aromatic carbocycles. The fourth-order valence-electron chi connectivity index (χ4n) is 2.71. The molecule has 17 heavy (non-hydrogen) atoms. The lowest BCUT2D eigenvalue weighted by molar-refractivity contribution is 0.327. The first-order valence-electron chi connectivity index (χ1n) is 6.58. The SMILES string of the molecule is CCC1CCCC(Nc2cccc(C#N)c2)C1. The van der Waals surface area contributed by atoms with Crippen molar-refractivity contribution in [2.75, 3.05) is 5.32 Å². The van der Waals surface area contributed by atoms with E-state index in [1.54, 1.807) is 0 Å². The molecule has 1 aromatic rings. The van der Waals surface area contributed by atoms with Gasteiger partial charge in [-0.3, -0.25) is 0 Å². The van der Waals surface area contributed by atoms with E-state index in [9.17, 15) is 0 Å². The van der Waals surface area contributed by atoms with Crippen LogP contribution in [0.25, 0.3) is 0 Å². The highest BCUT2D eigenvalue weighted by Crippen LogP contribution is 2.28. The highest BCUT2D eigenvalue weighted by Gasteiger charge is 2.20. The third kappa shape index (κ3) is 3.23. The zero-order valence-electron chi connectivity index (χ0n) is 10.4. The van der Waals surface area contributed by atoms with Gasteiger partial charge in [0.25, 0.3) is 0 Å². The molecule has 0 aromatic heterocycles. The van der Waals surface area contributed by atoms with E-state index >= 15 is 0 Å². The maximum Gasteiger partial charge on any atom is 0.0992 e. The molecule has 0 spiro atoms. The maximum atomic E-state index is 8.87. The summed E-state index contributed by atoms with van der Waals surface area (Å²) in [6, 6.07) is 10.6. The van der Waals surface area contributed by atoms with Gasteiger partial charge in [-0.25, -0.2) is 0 Å². The summed E-state index contributed by atoms with van der Waals surface area (Å²) < 4.78 is 0. The van der Waals surface area contributed by atoms with Crippen molar-refractivity contribution in [1.29, 1.82) is 5.26 Å². The Labute approximate surface area is 104 Å². The smallest absolute Gasteiger partial charge is 0.0992 e. The van der Waals surface area contributed by atoms with Crippen molar-refractivity contribution in [1.82, 2.24) is 0 Å². The van der Waals surface area contributed by atoms with Crippen LogP contribution in [-0.2, 0) is 0 Å². The van der Waals surface area contributed by atoms with Crippen molar-refractivity contribution in [3.8, 4) is 6.07 Å². The van der Waals surface area contributed by atoms with Crippen LogP contribution < -0.4 is 5.32 Å². The number of hydrogen-bond acceptors (Lipinski definition) is 2. The van der Waals surface area contributed by atoms with Crippen LogP contribution in [-0.4, -0.2) is 6.04 Å². The Morgan fingerprint density at radius 3 is 3.06 bits per heavy atom. The summed E-state index contributed by atoms with van der Waals surface area (Å²) in [6.07, 6.45) is 6.53. The number of nitrogens with zero attached hydrogens (tertiary/aromatic N) is 1. The van der Waals surface area contributed by atoms with Gasteiger partial charge in [-0.1, -0.05) is 32.3 Å². The van der Waals surface area contributed by atoms with E-state index < -0.39 is 0 Å². The Kier molecular flexibility index (Phi) is 4.03. The molecule has 0 saturated heterocycles. The van der Waals surface area contributed by atoms with Crippen molar-refractivity contribution in [2.45, 2.75) is 45.1 Å². The third-order valence-corrected chi connectivity index (χ3v) is 3.72. The summed E-state index contributed by atoms with van der Waals surface area (Å²) in [4.78, 5) is 0. The van der Waals surface area contributed by atoms with Crippen LogP contribution in [0, 0.1) is 17.2 Å². The van der Waals surface area contributed by atoms with E-state index in [1.807, 2.05) is 18.2 Å². The average molecular weight is 228 g/mol. The molecule has 1 aliphatic rings. The third-order valence-electron chi connectivity index (χ3n) is 3.72. The van der Waals surface area contributed by atoms with Crippen molar-refractivity contribution in [2.24, 2.45) is 5.92 Å². The van der Waals surface area contributed by atoms with E-state index in [-0.39, 0.29) is 0 Å². The molecule has 2 nitrogen and oxygen atoms in total. The number of anilines is 1. The topological polar surface area (TPSA) is 35.8 Å². The van der Waals surface area contributed by atoms with Gasteiger partial charge in [0.15, 0.2) is 0 Å². The number of nitriles is 1.